The summed E-state index contributed by atoms with van der Waals surface area (Å²) in [4.78, 5) is 14.9. The molecule has 2 aromatic carbocycles. The van der Waals surface area contributed by atoms with Crippen molar-refractivity contribution in [3.63, 3.8) is 0 Å². The van der Waals surface area contributed by atoms with Gasteiger partial charge in [-0.1, -0.05) is 18.2 Å². The molecule has 2 aliphatic rings. The number of alkyl halides is 3. The second-order valence-corrected chi connectivity index (χ2v) is 10.3. The van der Waals surface area contributed by atoms with Gasteiger partial charge >= 0.3 is 6.18 Å². The maximum atomic E-state index is 13.1. The van der Waals surface area contributed by atoms with Crippen molar-refractivity contribution in [1.29, 1.82) is 0 Å². The van der Waals surface area contributed by atoms with E-state index in [2.05, 4.69) is 10.2 Å². The molecule has 11 heteroatoms. The van der Waals surface area contributed by atoms with Crippen LogP contribution in [-0.4, -0.2) is 58.0 Å². The average molecular weight is 498 g/mol. The number of halogens is 3. The van der Waals surface area contributed by atoms with Crippen molar-refractivity contribution in [2.24, 2.45) is 0 Å². The fraction of sp³-hybridized carbons (Fsp3) is 0.435. The van der Waals surface area contributed by atoms with E-state index in [1.165, 1.54) is 28.6 Å². The van der Waals surface area contributed by atoms with Gasteiger partial charge in [-0.15, -0.1) is 0 Å². The Balaban J connectivity index is 1.60. The molecule has 0 saturated carbocycles. The summed E-state index contributed by atoms with van der Waals surface area (Å²) >= 11 is 0. The number of benzene rings is 2. The van der Waals surface area contributed by atoms with E-state index in [1.807, 2.05) is 0 Å². The predicted octanol–water partition coefficient (Wildman–Crippen LogP) is 3.51. The number of anilines is 2. The van der Waals surface area contributed by atoms with Gasteiger partial charge in [0.15, 0.2) is 0 Å². The summed E-state index contributed by atoms with van der Waals surface area (Å²) in [7, 11) is -3.78. The molecule has 2 fully saturated rings. The van der Waals surface area contributed by atoms with Crippen molar-refractivity contribution in [3.8, 4) is 0 Å². The van der Waals surface area contributed by atoms with Crippen LogP contribution in [0.1, 0.15) is 24.0 Å². The number of sulfonamides is 1. The van der Waals surface area contributed by atoms with Crippen LogP contribution >= 0.6 is 0 Å². The molecular formula is C23H26F3N3O4S. The Hall–Kier alpha value is -2.63. The molecule has 2 aromatic rings. The minimum absolute atomic E-state index is 0.0479. The molecule has 2 saturated heterocycles. The van der Waals surface area contributed by atoms with Crippen molar-refractivity contribution in [1.82, 2.24) is 4.31 Å². The van der Waals surface area contributed by atoms with Crippen LogP contribution in [-0.2, 0) is 32.2 Å². The molecule has 1 amide bonds. The minimum atomic E-state index is -4.50. The molecular weight excluding hydrogens is 471 g/mol. The van der Waals surface area contributed by atoms with Crippen LogP contribution in [0.5, 0.6) is 0 Å². The predicted molar refractivity (Wildman–Crippen MR) is 121 cm³/mol. The molecule has 0 atom stereocenters. The normalized spacial score (nSPS) is 17.7. The van der Waals surface area contributed by atoms with Gasteiger partial charge in [0.2, 0.25) is 15.9 Å². The van der Waals surface area contributed by atoms with Crippen LogP contribution in [0.3, 0.4) is 0 Å². The molecule has 2 aliphatic heterocycles. The molecule has 1 N–H and O–H groups in total. The van der Waals surface area contributed by atoms with E-state index in [1.54, 1.807) is 6.07 Å². The smallest absolute Gasteiger partial charge is 0.379 e. The van der Waals surface area contributed by atoms with Crippen LogP contribution in [0.2, 0.25) is 0 Å². The third-order valence-corrected chi connectivity index (χ3v) is 7.81. The topological polar surface area (TPSA) is 79.0 Å². The number of nitrogens with one attached hydrogen (secondary N) is 1. The highest BCUT2D eigenvalue weighted by Crippen LogP contribution is 2.33. The number of carbonyl (C=O) groups excluding carboxylic acids is 1. The zero-order valence-electron chi connectivity index (χ0n) is 18.5. The highest BCUT2D eigenvalue weighted by Gasteiger charge is 2.31. The summed E-state index contributed by atoms with van der Waals surface area (Å²) in [5.74, 6) is -0.527. The third kappa shape index (κ3) is 5.53. The first-order chi connectivity index (χ1) is 16.1. The number of nitrogens with zero attached hydrogens (tertiary/aromatic N) is 2. The fourth-order valence-electron chi connectivity index (χ4n) is 4.18. The summed E-state index contributed by atoms with van der Waals surface area (Å²) in [6.45, 7) is 2.65. The van der Waals surface area contributed by atoms with Crippen LogP contribution in [0.4, 0.5) is 24.5 Å². The molecule has 0 bridgehead atoms. The largest absolute Gasteiger partial charge is 0.416 e. The van der Waals surface area contributed by atoms with Gasteiger partial charge in [-0.05, 0) is 42.7 Å². The van der Waals surface area contributed by atoms with Crippen molar-refractivity contribution >= 4 is 27.3 Å². The molecule has 0 aliphatic carbocycles. The Morgan fingerprint density at radius 1 is 1.00 bits per heavy atom. The lowest BCUT2D eigenvalue weighted by molar-refractivity contribution is -0.137. The maximum absolute atomic E-state index is 13.1. The summed E-state index contributed by atoms with van der Waals surface area (Å²) in [5, 5.41) is 2.74. The number of hydrogen-bond donors (Lipinski definition) is 1. The van der Waals surface area contributed by atoms with Gasteiger partial charge in [-0.25, -0.2) is 8.42 Å². The molecule has 0 spiro atoms. The Morgan fingerprint density at radius 2 is 1.71 bits per heavy atom. The number of amides is 1. The van der Waals surface area contributed by atoms with Gasteiger partial charge in [-0.2, -0.15) is 17.5 Å². The first kappa shape index (κ1) is 24.5. The fourth-order valence-corrected chi connectivity index (χ4v) is 5.62. The zero-order chi connectivity index (χ0) is 24.3. The number of rotatable bonds is 6. The van der Waals surface area contributed by atoms with Crippen molar-refractivity contribution in [3.05, 3.63) is 53.6 Å². The van der Waals surface area contributed by atoms with Gasteiger partial charge in [0.1, 0.15) is 0 Å². The highest BCUT2D eigenvalue weighted by molar-refractivity contribution is 7.89. The zero-order valence-corrected chi connectivity index (χ0v) is 19.3. The average Bonchev–Trinajstić information content (AvgIpc) is 3.34. The lowest BCUT2D eigenvalue weighted by Crippen LogP contribution is -2.40. The molecule has 0 radical (unpaired) electrons. The number of morpholine rings is 1. The van der Waals surface area contributed by atoms with Gasteiger partial charge in [0.05, 0.1) is 41.5 Å². The number of carbonyl (C=O) groups is 1. The minimum Gasteiger partial charge on any atom is -0.379 e. The summed E-state index contributed by atoms with van der Waals surface area (Å²) < 4.78 is 71.9. The first-order valence-electron chi connectivity index (χ1n) is 11.1. The molecule has 34 heavy (non-hydrogen) atoms. The Morgan fingerprint density at radius 3 is 2.38 bits per heavy atom. The van der Waals surface area contributed by atoms with Gasteiger partial charge in [-0.3, -0.25) is 4.79 Å². The van der Waals surface area contributed by atoms with E-state index in [9.17, 15) is 26.4 Å². The monoisotopic (exact) mass is 497 g/mol. The van der Waals surface area contributed by atoms with Crippen LogP contribution < -0.4 is 10.2 Å². The second kappa shape index (κ2) is 9.93. The number of hydrogen-bond acceptors (Lipinski definition) is 5. The lowest BCUT2D eigenvalue weighted by Gasteiger charge is -2.27. The van der Waals surface area contributed by atoms with Crippen LogP contribution in [0.15, 0.2) is 47.4 Å². The van der Waals surface area contributed by atoms with Crippen molar-refractivity contribution < 1.29 is 31.1 Å². The highest BCUT2D eigenvalue weighted by atomic mass is 32.2. The van der Waals surface area contributed by atoms with E-state index in [-0.39, 0.29) is 30.0 Å². The molecule has 4 rings (SSSR count). The van der Waals surface area contributed by atoms with E-state index in [4.69, 9.17) is 4.74 Å². The summed E-state index contributed by atoms with van der Waals surface area (Å²) in [6.07, 6.45) is -2.82. The summed E-state index contributed by atoms with van der Waals surface area (Å²) in [6, 6.07) is 9.25. The second-order valence-electron chi connectivity index (χ2n) is 8.31. The molecule has 7 nitrogen and oxygen atoms in total. The Labute approximate surface area is 196 Å². The molecule has 0 aromatic heterocycles. The van der Waals surface area contributed by atoms with Crippen molar-refractivity contribution in [2.45, 2.75) is 30.3 Å². The standard InChI is InChI=1S/C23H26F3N3O4S/c24-23(25,26)18-5-3-4-17(14-18)15-22(30)27-20-16-19(6-7-21(20)28-8-1-2-9-28)34(31,32)29-10-12-33-13-11-29/h3-7,14,16H,1-2,8-13,15H2,(H,27,30). The summed E-state index contributed by atoms with van der Waals surface area (Å²) in [5.41, 5.74) is 0.408. The maximum Gasteiger partial charge on any atom is 0.416 e. The van der Waals surface area contributed by atoms with Gasteiger partial charge in [0, 0.05) is 26.2 Å². The first-order valence-corrected chi connectivity index (χ1v) is 12.5. The van der Waals surface area contributed by atoms with Gasteiger partial charge < -0.3 is 15.0 Å². The number of ether oxygens (including phenoxy) is 1. The van der Waals surface area contributed by atoms with Crippen molar-refractivity contribution in [2.75, 3.05) is 49.6 Å². The third-order valence-electron chi connectivity index (χ3n) is 5.92. The van der Waals surface area contributed by atoms with Gasteiger partial charge in [0.25, 0.3) is 0 Å². The molecule has 184 valence electrons. The SMILES string of the molecule is O=C(Cc1cccc(C(F)(F)F)c1)Nc1cc(S(=O)(=O)N2CCOCC2)ccc1N1CCCC1. The molecule has 2 heterocycles. The quantitative estimate of drug-likeness (QED) is 0.661. The van der Waals surface area contributed by atoms with E-state index >= 15 is 0 Å². The van der Waals surface area contributed by atoms with Crippen LogP contribution in [0.25, 0.3) is 0 Å². The molecule has 0 unspecified atom stereocenters. The Bertz CT molecular complexity index is 1140. The van der Waals surface area contributed by atoms with E-state index in [0.717, 1.165) is 38.1 Å². The Kier molecular flexibility index (Phi) is 7.15. The van der Waals surface area contributed by atoms with Crippen LogP contribution in [0, 0.1) is 0 Å². The lowest BCUT2D eigenvalue weighted by atomic mass is 10.1. The van der Waals surface area contributed by atoms with E-state index < -0.39 is 27.7 Å². The van der Waals surface area contributed by atoms with E-state index in [0.29, 0.717) is 24.6 Å².